The van der Waals surface area contributed by atoms with Crippen molar-refractivity contribution in [1.29, 1.82) is 0 Å². The molecule has 3 atom stereocenters. The van der Waals surface area contributed by atoms with Gasteiger partial charge in [-0.25, -0.2) is 14.2 Å². The molecule has 2 N–H and O–H groups in total. The summed E-state index contributed by atoms with van der Waals surface area (Å²) in [5.74, 6) is -0.106. The number of likely N-dealkylation sites (tertiary alicyclic amines) is 2. The Balaban J connectivity index is 1.25. The number of amides is 1. The van der Waals surface area contributed by atoms with E-state index < -0.39 is 11.6 Å². The van der Waals surface area contributed by atoms with Crippen molar-refractivity contribution >= 4 is 5.91 Å². The number of piperidine rings is 1. The summed E-state index contributed by atoms with van der Waals surface area (Å²) in [7, 11) is 0. The molecule has 1 amide bonds. The van der Waals surface area contributed by atoms with Crippen molar-refractivity contribution in [3.8, 4) is 0 Å². The van der Waals surface area contributed by atoms with E-state index >= 15 is 0 Å². The van der Waals surface area contributed by atoms with E-state index in [1.807, 2.05) is 4.90 Å². The zero-order chi connectivity index (χ0) is 19.7. The van der Waals surface area contributed by atoms with Gasteiger partial charge >= 0.3 is 0 Å². The van der Waals surface area contributed by atoms with Gasteiger partial charge in [-0.3, -0.25) is 15.1 Å². The van der Waals surface area contributed by atoms with Crippen LogP contribution in [0.25, 0.3) is 0 Å². The molecule has 5 nitrogen and oxygen atoms in total. The number of hydrogen-bond donors (Lipinski definition) is 2. The van der Waals surface area contributed by atoms with Crippen LogP contribution in [-0.4, -0.2) is 54.0 Å². The number of hydrazine groups is 1. The Morgan fingerprint density at radius 1 is 1.11 bits per heavy atom. The molecule has 1 aromatic carbocycles. The predicted molar refractivity (Wildman–Crippen MR) is 103 cm³/mol. The van der Waals surface area contributed by atoms with Crippen molar-refractivity contribution in [2.24, 2.45) is 11.8 Å². The normalized spacial score (nSPS) is 29.5. The van der Waals surface area contributed by atoms with E-state index in [0.29, 0.717) is 30.0 Å². The van der Waals surface area contributed by atoms with Crippen LogP contribution in [0.15, 0.2) is 18.2 Å². The topological polar surface area (TPSA) is 47.6 Å². The van der Waals surface area contributed by atoms with Crippen LogP contribution in [0.3, 0.4) is 0 Å². The Kier molecular flexibility index (Phi) is 5.94. The Labute approximate surface area is 165 Å². The first-order chi connectivity index (χ1) is 13.5. The minimum Gasteiger partial charge on any atom is -0.341 e. The molecule has 0 bridgehead atoms. The predicted octanol–water partition coefficient (Wildman–Crippen LogP) is 2.28. The molecule has 7 heteroatoms. The average Bonchev–Trinajstić information content (AvgIpc) is 3.35. The first kappa shape index (κ1) is 19.7. The molecule has 3 aliphatic heterocycles. The standard InChI is InChI=1S/C21H30F2N4O/c1-14-11-19(25-24-14)21(28)27-10-7-16(13-27)15-5-8-26(9-6-15)12-17-3-2-4-18(22)20(17)23/h2-4,14-16,19,24-25H,5-13H2,1H3. The van der Waals surface area contributed by atoms with Gasteiger partial charge < -0.3 is 4.90 Å². The van der Waals surface area contributed by atoms with Gasteiger partial charge in [-0.2, -0.15) is 0 Å². The monoisotopic (exact) mass is 392 g/mol. The quantitative estimate of drug-likeness (QED) is 0.826. The molecule has 154 valence electrons. The van der Waals surface area contributed by atoms with Gasteiger partial charge in [0.2, 0.25) is 5.91 Å². The van der Waals surface area contributed by atoms with Gasteiger partial charge in [0.15, 0.2) is 11.6 Å². The molecule has 3 heterocycles. The summed E-state index contributed by atoms with van der Waals surface area (Å²) in [6, 6.07) is 4.63. The van der Waals surface area contributed by atoms with Crippen molar-refractivity contribution in [2.45, 2.75) is 51.2 Å². The van der Waals surface area contributed by atoms with Crippen LogP contribution >= 0.6 is 0 Å². The van der Waals surface area contributed by atoms with E-state index in [0.717, 1.165) is 57.9 Å². The molecule has 28 heavy (non-hydrogen) atoms. The number of nitrogens with one attached hydrogen (secondary N) is 2. The minimum absolute atomic E-state index is 0.100. The number of carbonyl (C=O) groups excluding carboxylic acids is 1. The van der Waals surface area contributed by atoms with E-state index in [9.17, 15) is 13.6 Å². The summed E-state index contributed by atoms with van der Waals surface area (Å²) in [4.78, 5) is 16.9. The lowest BCUT2D eigenvalue weighted by molar-refractivity contribution is -0.132. The number of rotatable bonds is 4. The second-order valence-corrected chi connectivity index (χ2v) is 8.64. The lowest BCUT2D eigenvalue weighted by Gasteiger charge is -2.35. The molecule has 0 radical (unpaired) electrons. The SMILES string of the molecule is CC1CC(C(=O)N2CCC(C3CCN(Cc4cccc(F)c4F)CC3)C2)NN1. The average molecular weight is 392 g/mol. The molecule has 1 aromatic rings. The molecule has 3 unspecified atom stereocenters. The van der Waals surface area contributed by atoms with E-state index in [-0.39, 0.29) is 11.9 Å². The number of carbonyl (C=O) groups is 1. The highest BCUT2D eigenvalue weighted by Gasteiger charge is 2.37. The van der Waals surface area contributed by atoms with Crippen molar-refractivity contribution in [2.75, 3.05) is 26.2 Å². The molecule has 3 saturated heterocycles. The van der Waals surface area contributed by atoms with Crippen LogP contribution in [0.4, 0.5) is 8.78 Å². The highest BCUT2D eigenvalue weighted by atomic mass is 19.2. The fourth-order valence-electron chi connectivity index (χ4n) is 4.96. The maximum absolute atomic E-state index is 13.9. The van der Waals surface area contributed by atoms with Crippen LogP contribution in [0.5, 0.6) is 0 Å². The zero-order valence-electron chi connectivity index (χ0n) is 16.5. The van der Waals surface area contributed by atoms with Crippen LogP contribution < -0.4 is 10.9 Å². The molecule has 0 saturated carbocycles. The third-order valence-corrected chi connectivity index (χ3v) is 6.65. The molecular weight excluding hydrogens is 362 g/mol. The lowest BCUT2D eigenvalue weighted by Crippen LogP contribution is -2.45. The molecule has 0 aliphatic carbocycles. The van der Waals surface area contributed by atoms with E-state index in [1.54, 1.807) is 12.1 Å². The summed E-state index contributed by atoms with van der Waals surface area (Å²) >= 11 is 0. The van der Waals surface area contributed by atoms with E-state index in [1.165, 1.54) is 0 Å². The molecule has 0 aromatic heterocycles. The molecular formula is C21H30F2N4O. The summed E-state index contributed by atoms with van der Waals surface area (Å²) in [5, 5.41) is 0. The first-order valence-corrected chi connectivity index (χ1v) is 10.5. The van der Waals surface area contributed by atoms with Gasteiger partial charge in [0.1, 0.15) is 6.04 Å². The van der Waals surface area contributed by atoms with Crippen molar-refractivity contribution < 1.29 is 13.6 Å². The number of benzene rings is 1. The number of hydrogen-bond acceptors (Lipinski definition) is 4. The van der Waals surface area contributed by atoms with Crippen LogP contribution in [0, 0.1) is 23.5 Å². The summed E-state index contributed by atoms with van der Waals surface area (Å²) in [6.45, 7) is 6.05. The molecule has 3 fully saturated rings. The highest BCUT2D eigenvalue weighted by Crippen LogP contribution is 2.33. The Morgan fingerprint density at radius 2 is 1.86 bits per heavy atom. The third kappa shape index (κ3) is 4.21. The van der Waals surface area contributed by atoms with Crippen LogP contribution in [0.2, 0.25) is 0 Å². The van der Waals surface area contributed by atoms with Crippen LogP contribution in [0.1, 0.15) is 38.2 Å². The van der Waals surface area contributed by atoms with Gasteiger partial charge in [0.05, 0.1) is 0 Å². The summed E-state index contributed by atoms with van der Waals surface area (Å²) in [6.07, 6.45) is 4.04. The third-order valence-electron chi connectivity index (χ3n) is 6.65. The summed E-state index contributed by atoms with van der Waals surface area (Å²) in [5.41, 5.74) is 6.67. The smallest absolute Gasteiger partial charge is 0.241 e. The fourth-order valence-corrected chi connectivity index (χ4v) is 4.96. The zero-order valence-corrected chi connectivity index (χ0v) is 16.5. The molecule has 4 rings (SSSR count). The Hall–Kier alpha value is -1.57. The second kappa shape index (κ2) is 8.43. The number of nitrogens with zero attached hydrogens (tertiary/aromatic N) is 2. The lowest BCUT2D eigenvalue weighted by atomic mass is 9.83. The Bertz CT molecular complexity index is 708. The molecule has 0 spiro atoms. The van der Waals surface area contributed by atoms with Gasteiger partial charge in [0, 0.05) is 31.2 Å². The van der Waals surface area contributed by atoms with Gasteiger partial charge in [0.25, 0.3) is 0 Å². The van der Waals surface area contributed by atoms with Crippen molar-refractivity contribution in [1.82, 2.24) is 20.7 Å². The Morgan fingerprint density at radius 3 is 2.57 bits per heavy atom. The molecule has 3 aliphatic rings. The van der Waals surface area contributed by atoms with E-state index in [4.69, 9.17) is 0 Å². The van der Waals surface area contributed by atoms with E-state index in [2.05, 4.69) is 22.7 Å². The summed E-state index contributed by atoms with van der Waals surface area (Å²) < 4.78 is 27.3. The maximum Gasteiger partial charge on any atom is 0.241 e. The fraction of sp³-hybridized carbons (Fsp3) is 0.667. The highest BCUT2D eigenvalue weighted by molar-refractivity contribution is 5.82. The number of halogens is 2. The van der Waals surface area contributed by atoms with Gasteiger partial charge in [-0.05, 0) is 63.6 Å². The van der Waals surface area contributed by atoms with Crippen molar-refractivity contribution in [3.05, 3.63) is 35.4 Å². The minimum atomic E-state index is -0.774. The van der Waals surface area contributed by atoms with Gasteiger partial charge in [-0.1, -0.05) is 12.1 Å². The largest absolute Gasteiger partial charge is 0.341 e. The maximum atomic E-state index is 13.9. The van der Waals surface area contributed by atoms with Crippen LogP contribution in [-0.2, 0) is 11.3 Å². The second-order valence-electron chi connectivity index (χ2n) is 8.64. The van der Waals surface area contributed by atoms with Crippen molar-refractivity contribution in [3.63, 3.8) is 0 Å². The first-order valence-electron chi connectivity index (χ1n) is 10.5. The van der Waals surface area contributed by atoms with Gasteiger partial charge in [-0.15, -0.1) is 0 Å².